The van der Waals surface area contributed by atoms with Crippen molar-refractivity contribution in [2.24, 2.45) is 0 Å². The fourth-order valence-corrected chi connectivity index (χ4v) is 0.128. The van der Waals surface area contributed by atoms with Gasteiger partial charge in [-0.2, -0.15) is 0 Å². The Morgan fingerprint density at radius 3 is 2.22 bits per heavy atom. The first-order valence-electron chi connectivity index (χ1n) is 1.74. The molecule has 0 aliphatic rings. The Bertz CT molecular complexity index is 135. The number of esters is 1. The van der Waals surface area contributed by atoms with Gasteiger partial charge in [0.2, 0.25) is 0 Å². The van der Waals surface area contributed by atoms with E-state index >= 15 is 0 Å². The van der Waals surface area contributed by atoms with Crippen molar-refractivity contribution in [3.05, 3.63) is 12.7 Å². The summed E-state index contributed by atoms with van der Waals surface area (Å²) in [4.78, 5) is 19.4. The molecule has 0 saturated carbocycles. The molecule has 0 rings (SSSR count). The van der Waals surface area contributed by atoms with Crippen molar-refractivity contribution in [1.82, 2.24) is 0 Å². The van der Waals surface area contributed by atoms with Crippen molar-refractivity contribution in [1.29, 1.82) is 0 Å². The van der Waals surface area contributed by atoms with Crippen LogP contribution in [0.15, 0.2) is 12.7 Å². The monoisotopic (exact) mass is 140 g/mol. The summed E-state index contributed by atoms with van der Waals surface area (Å²) in [6.45, 7) is 2.98. The van der Waals surface area contributed by atoms with E-state index in [0.29, 0.717) is 0 Å². The smallest absolute Gasteiger partial charge is 1.00 e. The molecule has 0 atom stereocenters. The van der Waals surface area contributed by atoms with E-state index in [0.717, 1.165) is 6.08 Å². The van der Waals surface area contributed by atoms with E-state index in [4.69, 9.17) is 5.11 Å². The molecule has 0 unspecified atom stereocenters. The van der Waals surface area contributed by atoms with E-state index in [-0.39, 0.29) is 31.0 Å². The maximum Gasteiger partial charge on any atom is 1.00 e. The first-order valence-corrected chi connectivity index (χ1v) is 1.74. The van der Waals surface area contributed by atoms with Crippen LogP contribution in [0, 0.1) is 0 Å². The zero-order chi connectivity index (χ0) is 6.57. The summed E-state index contributed by atoms with van der Waals surface area (Å²) in [5.41, 5.74) is 0. The fourth-order valence-electron chi connectivity index (χ4n) is 0.128. The summed E-state index contributed by atoms with van der Waals surface area (Å²) < 4.78 is 3.56. The molecule has 0 aromatic rings. The summed E-state index contributed by atoms with van der Waals surface area (Å²) in [5, 5.41) is 7.72. The fraction of sp³-hybridized carbons (Fsp3) is 0. The van der Waals surface area contributed by atoms with Crippen LogP contribution in [0.5, 0.6) is 0 Å². The van der Waals surface area contributed by atoms with Gasteiger partial charge in [-0.3, -0.25) is 0 Å². The van der Waals surface area contributed by atoms with Gasteiger partial charge in [0.25, 0.3) is 0 Å². The topological polar surface area (TPSA) is 63.6 Å². The Morgan fingerprint density at radius 2 is 2.11 bits per heavy atom. The molecule has 0 aromatic carbocycles. The standard InChI is InChI=1S/C4H4O4.Na.H/c1-2-3(5)8-4(6)7;;/h2H,1H2,(H,6,7);;/q;+1;-1. The van der Waals surface area contributed by atoms with Crippen LogP contribution >= 0.6 is 0 Å². The molecule has 46 valence electrons. The molecule has 0 aliphatic carbocycles. The van der Waals surface area contributed by atoms with Gasteiger partial charge in [0.05, 0.1) is 0 Å². The van der Waals surface area contributed by atoms with Crippen LogP contribution in [0.2, 0.25) is 0 Å². The van der Waals surface area contributed by atoms with Crippen LogP contribution < -0.4 is 29.6 Å². The zero-order valence-corrected chi connectivity index (χ0v) is 6.96. The van der Waals surface area contributed by atoms with Crippen LogP contribution in [0.1, 0.15) is 1.43 Å². The number of carbonyl (C=O) groups excluding carboxylic acids is 1. The van der Waals surface area contributed by atoms with Crippen LogP contribution in [-0.4, -0.2) is 17.2 Å². The SMILES string of the molecule is C=CC(=O)OC(=O)O.[H-].[Na+]. The van der Waals surface area contributed by atoms with Crippen LogP contribution in [0.25, 0.3) is 0 Å². The Balaban J connectivity index is -0.000000245. The van der Waals surface area contributed by atoms with Gasteiger partial charge >= 0.3 is 41.7 Å². The predicted molar refractivity (Wildman–Crippen MR) is 25.4 cm³/mol. The van der Waals surface area contributed by atoms with Crippen LogP contribution in [0.4, 0.5) is 4.79 Å². The average molecular weight is 140 g/mol. The van der Waals surface area contributed by atoms with Gasteiger partial charge in [-0.1, -0.05) is 6.58 Å². The van der Waals surface area contributed by atoms with Gasteiger partial charge in [0.15, 0.2) is 0 Å². The summed E-state index contributed by atoms with van der Waals surface area (Å²) >= 11 is 0. The number of carboxylic acid groups (broad SMARTS) is 1. The number of hydrogen-bond donors (Lipinski definition) is 1. The van der Waals surface area contributed by atoms with E-state index in [1.165, 1.54) is 0 Å². The molecule has 9 heavy (non-hydrogen) atoms. The largest absolute Gasteiger partial charge is 1.00 e. The molecule has 4 nitrogen and oxygen atoms in total. The molecule has 0 spiro atoms. The van der Waals surface area contributed by atoms with Crippen molar-refractivity contribution in [2.75, 3.05) is 0 Å². The molecule has 0 amide bonds. The number of hydrogen-bond acceptors (Lipinski definition) is 3. The second kappa shape index (κ2) is 5.81. The normalized spacial score (nSPS) is 6.67. The Morgan fingerprint density at radius 1 is 1.67 bits per heavy atom. The first kappa shape index (κ1) is 11.5. The minimum absolute atomic E-state index is 0. The minimum atomic E-state index is -1.62. The van der Waals surface area contributed by atoms with Crippen LogP contribution in [0.3, 0.4) is 0 Å². The average Bonchev–Trinajstić information content (AvgIpc) is 1.65. The third-order valence-corrected chi connectivity index (χ3v) is 0.355. The first-order chi connectivity index (χ1) is 3.66. The van der Waals surface area contributed by atoms with Gasteiger partial charge in [0.1, 0.15) is 0 Å². The van der Waals surface area contributed by atoms with Crippen molar-refractivity contribution < 1.29 is 50.4 Å². The van der Waals surface area contributed by atoms with Crippen molar-refractivity contribution in [2.45, 2.75) is 0 Å². The summed E-state index contributed by atoms with van der Waals surface area (Å²) in [6, 6.07) is 0. The molecule has 0 aromatic heterocycles. The molecular weight excluding hydrogens is 135 g/mol. The Labute approximate surface area is 75.3 Å². The molecule has 0 radical (unpaired) electrons. The summed E-state index contributed by atoms with van der Waals surface area (Å²) in [5.74, 6) is -0.961. The van der Waals surface area contributed by atoms with E-state index in [1.54, 1.807) is 0 Å². The molecule has 0 heterocycles. The van der Waals surface area contributed by atoms with E-state index in [1.807, 2.05) is 0 Å². The molecule has 1 N–H and O–H groups in total. The van der Waals surface area contributed by atoms with Gasteiger partial charge in [0, 0.05) is 6.08 Å². The van der Waals surface area contributed by atoms with Gasteiger partial charge in [-0.25, -0.2) is 9.59 Å². The zero-order valence-electron chi connectivity index (χ0n) is 5.96. The molecule has 0 fully saturated rings. The van der Waals surface area contributed by atoms with Gasteiger partial charge < -0.3 is 11.3 Å². The molecular formula is C4H5NaO4. The molecule has 0 aliphatic heterocycles. The van der Waals surface area contributed by atoms with Crippen molar-refractivity contribution >= 4 is 12.1 Å². The summed E-state index contributed by atoms with van der Waals surface area (Å²) in [6.07, 6.45) is -0.844. The van der Waals surface area contributed by atoms with E-state index in [9.17, 15) is 9.59 Å². The van der Waals surface area contributed by atoms with Gasteiger partial charge in [-0.05, 0) is 0 Å². The van der Waals surface area contributed by atoms with Crippen molar-refractivity contribution in [3.63, 3.8) is 0 Å². The predicted octanol–water partition coefficient (Wildman–Crippen LogP) is -2.49. The van der Waals surface area contributed by atoms with E-state index in [2.05, 4.69) is 11.3 Å². The number of ether oxygens (including phenoxy) is 1. The van der Waals surface area contributed by atoms with Gasteiger partial charge in [-0.15, -0.1) is 0 Å². The second-order valence-corrected chi connectivity index (χ2v) is 0.891. The minimum Gasteiger partial charge on any atom is -1.00 e. The molecule has 0 bridgehead atoms. The Kier molecular flexibility index (Phi) is 7.41. The second-order valence-electron chi connectivity index (χ2n) is 0.891. The number of rotatable bonds is 1. The van der Waals surface area contributed by atoms with Crippen LogP contribution in [-0.2, 0) is 9.53 Å². The molecule has 5 heteroatoms. The maximum absolute atomic E-state index is 9.90. The summed E-state index contributed by atoms with van der Waals surface area (Å²) in [7, 11) is 0. The van der Waals surface area contributed by atoms with E-state index < -0.39 is 12.1 Å². The Hall–Kier alpha value is -0.320. The third kappa shape index (κ3) is 7.68. The number of carbonyl (C=O) groups is 2. The van der Waals surface area contributed by atoms with Crippen molar-refractivity contribution in [3.8, 4) is 0 Å². The maximum atomic E-state index is 9.90. The third-order valence-electron chi connectivity index (χ3n) is 0.355. The quantitative estimate of drug-likeness (QED) is 0.189. The molecule has 0 saturated heterocycles.